The molecule has 2 aromatic rings. The predicted molar refractivity (Wildman–Crippen MR) is 77.7 cm³/mol. The summed E-state index contributed by atoms with van der Waals surface area (Å²) in [6, 6.07) is 2.05. The van der Waals surface area contributed by atoms with Crippen molar-refractivity contribution < 1.29 is 0 Å². The Morgan fingerprint density at radius 1 is 1.62 bits per heavy atom. The third-order valence-electron chi connectivity index (χ3n) is 1.98. The number of aromatic nitrogens is 1. The molecule has 0 radical (unpaired) electrons. The summed E-state index contributed by atoms with van der Waals surface area (Å²) in [6.07, 6.45) is 2.01. The molecule has 2 heterocycles. The summed E-state index contributed by atoms with van der Waals surface area (Å²) in [7, 11) is 0. The molecular weight excluding hydrogens is 326 g/mol. The molecule has 0 atom stereocenters. The highest BCUT2D eigenvalue weighted by molar-refractivity contribution is 9.10. The van der Waals surface area contributed by atoms with E-state index in [0.717, 1.165) is 20.9 Å². The van der Waals surface area contributed by atoms with Crippen molar-refractivity contribution in [1.82, 2.24) is 4.37 Å². The molecule has 0 unspecified atom stereocenters. The number of nitrogens with one attached hydrogen (secondary N) is 1. The third kappa shape index (κ3) is 2.53. The Morgan fingerprint density at radius 2 is 2.44 bits per heavy atom. The summed E-state index contributed by atoms with van der Waals surface area (Å²) in [6.45, 7) is 0.799. The molecule has 0 saturated heterocycles. The highest BCUT2D eigenvalue weighted by atomic mass is 79.9. The summed E-state index contributed by atoms with van der Waals surface area (Å²) < 4.78 is 5.28. The van der Waals surface area contributed by atoms with Crippen LogP contribution in [0.3, 0.4) is 0 Å². The van der Waals surface area contributed by atoms with Crippen molar-refractivity contribution in [2.45, 2.75) is 11.4 Å². The molecular formula is C9H10BrN3S3. The number of nitrogens with two attached hydrogens (primary N) is 1. The lowest BCUT2D eigenvalue weighted by molar-refractivity contribution is 1.18. The first-order valence-corrected chi connectivity index (χ1v) is 8.14. The van der Waals surface area contributed by atoms with Gasteiger partial charge in [0, 0.05) is 9.35 Å². The van der Waals surface area contributed by atoms with E-state index < -0.39 is 0 Å². The zero-order chi connectivity index (χ0) is 11.5. The number of nitrogen functional groups attached to an aromatic ring is 1. The smallest absolute Gasteiger partial charge is 0.153 e. The van der Waals surface area contributed by atoms with Crippen LogP contribution < -0.4 is 11.1 Å². The summed E-state index contributed by atoms with van der Waals surface area (Å²) in [5, 5.41) is 6.48. The molecule has 0 bridgehead atoms. The number of nitrogens with zero attached hydrogens (tertiary/aromatic N) is 1. The van der Waals surface area contributed by atoms with Crippen LogP contribution in [-0.4, -0.2) is 10.6 Å². The fourth-order valence-electron chi connectivity index (χ4n) is 1.22. The molecule has 3 N–H and O–H groups in total. The minimum atomic E-state index is 0.616. The van der Waals surface area contributed by atoms with Gasteiger partial charge in [-0.3, -0.25) is 0 Å². The van der Waals surface area contributed by atoms with Gasteiger partial charge in [-0.25, -0.2) is 0 Å². The van der Waals surface area contributed by atoms with Gasteiger partial charge in [0.1, 0.15) is 5.00 Å². The second kappa shape index (κ2) is 5.39. The van der Waals surface area contributed by atoms with Gasteiger partial charge in [-0.1, -0.05) is 0 Å². The fourth-order valence-corrected chi connectivity index (χ4v) is 4.18. The molecule has 2 rings (SSSR count). The molecule has 86 valence electrons. The van der Waals surface area contributed by atoms with Crippen molar-refractivity contribution in [2.24, 2.45) is 0 Å². The standard InChI is InChI=1S/C9H10BrN3S3/c1-14-7-8(11)13-16-9(7)12-4-6-5(10)2-3-15-6/h2-3,12H,4H2,1H3,(H2,11,13). The Balaban J connectivity index is 2.07. The van der Waals surface area contributed by atoms with E-state index in [2.05, 4.69) is 37.1 Å². The zero-order valence-electron chi connectivity index (χ0n) is 8.49. The van der Waals surface area contributed by atoms with Crippen LogP contribution in [0.5, 0.6) is 0 Å². The Labute approximate surface area is 115 Å². The molecule has 0 aliphatic heterocycles. The minimum Gasteiger partial charge on any atom is -0.382 e. The van der Waals surface area contributed by atoms with Crippen molar-refractivity contribution in [1.29, 1.82) is 0 Å². The van der Waals surface area contributed by atoms with Gasteiger partial charge in [-0.2, -0.15) is 4.37 Å². The lowest BCUT2D eigenvalue weighted by Gasteiger charge is -2.04. The molecule has 0 saturated carbocycles. The van der Waals surface area contributed by atoms with E-state index in [1.54, 1.807) is 23.1 Å². The van der Waals surface area contributed by atoms with Crippen molar-refractivity contribution in [3.8, 4) is 0 Å². The summed E-state index contributed by atoms with van der Waals surface area (Å²) in [5.41, 5.74) is 5.76. The quantitative estimate of drug-likeness (QED) is 0.832. The van der Waals surface area contributed by atoms with Gasteiger partial charge in [-0.05, 0) is 45.2 Å². The Hall–Kier alpha value is -0.240. The lowest BCUT2D eigenvalue weighted by Crippen LogP contribution is -1.97. The van der Waals surface area contributed by atoms with Crippen LogP contribution in [0, 0.1) is 0 Å². The number of halogens is 1. The van der Waals surface area contributed by atoms with Crippen molar-refractivity contribution in [3.63, 3.8) is 0 Å². The molecule has 2 aromatic heterocycles. The number of hydrogen-bond acceptors (Lipinski definition) is 6. The van der Waals surface area contributed by atoms with Crippen LogP contribution in [0.2, 0.25) is 0 Å². The summed E-state index contributed by atoms with van der Waals surface area (Å²) in [4.78, 5) is 2.32. The highest BCUT2D eigenvalue weighted by Crippen LogP contribution is 2.35. The van der Waals surface area contributed by atoms with E-state index >= 15 is 0 Å². The molecule has 0 spiro atoms. The number of thioether (sulfide) groups is 1. The maximum Gasteiger partial charge on any atom is 0.153 e. The normalized spacial score (nSPS) is 10.6. The van der Waals surface area contributed by atoms with Gasteiger partial charge in [0.15, 0.2) is 5.82 Å². The molecule has 16 heavy (non-hydrogen) atoms. The largest absolute Gasteiger partial charge is 0.382 e. The van der Waals surface area contributed by atoms with Crippen molar-refractivity contribution in [3.05, 3.63) is 20.8 Å². The second-order valence-electron chi connectivity index (χ2n) is 2.98. The molecule has 0 amide bonds. The number of thiophene rings is 1. The van der Waals surface area contributed by atoms with Gasteiger partial charge in [0.25, 0.3) is 0 Å². The van der Waals surface area contributed by atoms with Gasteiger partial charge in [0.05, 0.1) is 11.4 Å². The molecule has 0 aliphatic carbocycles. The van der Waals surface area contributed by atoms with E-state index in [9.17, 15) is 0 Å². The third-order valence-corrected chi connectivity index (χ3v) is 5.67. The van der Waals surface area contributed by atoms with E-state index in [1.807, 2.05) is 6.26 Å². The van der Waals surface area contributed by atoms with Crippen LogP contribution in [0.15, 0.2) is 20.8 Å². The van der Waals surface area contributed by atoms with Crippen molar-refractivity contribution in [2.75, 3.05) is 17.3 Å². The predicted octanol–water partition coefficient (Wildman–Crippen LogP) is 3.88. The zero-order valence-corrected chi connectivity index (χ0v) is 12.5. The summed E-state index contributed by atoms with van der Waals surface area (Å²) in [5.74, 6) is 0.616. The average molecular weight is 336 g/mol. The molecule has 0 aliphatic rings. The lowest BCUT2D eigenvalue weighted by atomic mass is 10.4. The molecule has 7 heteroatoms. The first kappa shape index (κ1) is 12.2. The van der Waals surface area contributed by atoms with Crippen LogP contribution >= 0.6 is 50.6 Å². The van der Waals surface area contributed by atoms with Crippen LogP contribution in [-0.2, 0) is 6.54 Å². The first-order valence-electron chi connectivity index (χ1n) is 4.47. The van der Waals surface area contributed by atoms with Gasteiger partial charge in [0.2, 0.25) is 0 Å². The van der Waals surface area contributed by atoms with E-state index in [-0.39, 0.29) is 0 Å². The van der Waals surface area contributed by atoms with Crippen LogP contribution in [0.4, 0.5) is 10.8 Å². The maximum absolute atomic E-state index is 5.76. The topological polar surface area (TPSA) is 50.9 Å². The van der Waals surface area contributed by atoms with Gasteiger partial charge in [-0.15, -0.1) is 23.1 Å². The maximum atomic E-state index is 5.76. The Kier molecular flexibility index (Phi) is 4.12. The van der Waals surface area contributed by atoms with Crippen LogP contribution in [0.25, 0.3) is 0 Å². The molecule has 0 fully saturated rings. The minimum absolute atomic E-state index is 0.616. The van der Waals surface area contributed by atoms with E-state index in [0.29, 0.717) is 5.82 Å². The highest BCUT2D eigenvalue weighted by Gasteiger charge is 2.10. The molecule has 0 aromatic carbocycles. The van der Waals surface area contributed by atoms with E-state index in [4.69, 9.17) is 5.73 Å². The van der Waals surface area contributed by atoms with Gasteiger partial charge >= 0.3 is 0 Å². The van der Waals surface area contributed by atoms with Crippen LogP contribution in [0.1, 0.15) is 4.88 Å². The number of rotatable bonds is 4. The Bertz CT molecular complexity index is 480. The van der Waals surface area contributed by atoms with E-state index in [1.165, 1.54) is 16.4 Å². The molecule has 3 nitrogen and oxygen atoms in total. The first-order chi connectivity index (χ1) is 7.72. The van der Waals surface area contributed by atoms with Gasteiger partial charge < -0.3 is 11.1 Å². The van der Waals surface area contributed by atoms with Crippen molar-refractivity contribution >= 4 is 61.4 Å². The monoisotopic (exact) mass is 335 g/mol. The Morgan fingerprint density at radius 3 is 3.06 bits per heavy atom. The number of anilines is 2. The number of hydrogen-bond donors (Lipinski definition) is 2. The SMILES string of the molecule is CSc1c(N)nsc1NCc1sccc1Br. The second-order valence-corrected chi connectivity index (χ2v) is 6.42. The fraction of sp³-hybridized carbons (Fsp3) is 0.222. The summed E-state index contributed by atoms with van der Waals surface area (Å²) >= 11 is 8.27. The average Bonchev–Trinajstić information content (AvgIpc) is 2.82.